The van der Waals surface area contributed by atoms with Crippen LogP contribution in [0.1, 0.15) is 35.7 Å². The van der Waals surface area contributed by atoms with Gasteiger partial charge < -0.3 is 20.5 Å². The van der Waals surface area contributed by atoms with Gasteiger partial charge in [0.25, 0.3) is 5.91 Å². The van der Waals surface area contributed by atoms with E-state index >= 15 is 0 Å². The van der Waals surface area contributed by atoms with Crippen LogP contribution >= 0.6 is 0 Å². The molecule has 0 aliphatic carbocycles. The van der Waals surface area contributed by atoms with Crippen molar-refractivity contribution >= 4 is 17.7 Å². The summed E-state index contributed by atoms with van der Waals surface area (Å²) in [6, 6.07) is 7.40. The first-order chi connectivity index (χ1) is 14.1. The molecule has 156 valence electrons. The lowest BCUT2D eigenvalue weighted by Gasteiger charge is -2.23. The minimum atomic E-state index is -0.0914. The molecular formula is C21H29N5O3. The lowest BCUT2D eigenvalue weighted by atomic mass is 10.1. The fraction of sp³-hybridized carbons (Fsp3) is 0.476. The number of hydrogen-bond acceptors (Lipinski definition) is 7. The van der Waals surface area contributed by atoms with Gasteiger partial charge in [-0.15, -0.1) is 0 Å². The number of rotatable bonds is 10. The summed E-state index contributed by atoms with van der Waals surface area (Å²) in [5.74, 6) is 1.79. The summed E-state index contributed by atoms with van der Waals surface area (Å²) in [6.07, 6.45) is 4.11. The molecular weight excluding hydrogens is 370 g/mol. The van der Waals surface area contributed by atoms with E-state index in [1.807, 2.05) is 25.1 Å². The summed E-state index contributed by atoms with van der Waals surface area (Å²) in [5.41, 5.74) is 7.34. The fourth-order valence-corrected chi connectivity index (χ4v) is 3.29. The van der Waals surface area contributed by atoms with Crippen LogP contribution in [0.3, 0.4) is 0 Å². The molecule has 2 heterocycles. The summed E-state index contributed by atoms with van der Waals surface area (Å²) in [5, 5.41) is 3.20. The van der Waals surface area contributed by atoms with Gasteiger partial charge in [0.2, 0.25) is 5.95 Å². The van der Waals surface area contributed by atoms with Gasteiger partial charge in [0, 0.05) is 37.9 Å². The van der Waals surface area contributed by atoms with E-state index in [4.69, 9.17) is 15.2 Å². The van der Waals surface area contributed by atoms with E-state index in [2.05, 4.69) is 15.3 Å². The number of aromatic nitrogens is 2. The number of anilines is 2. The van der Waals surface area contributed by atoms with Crippen LogP contribution in [0.25, 0.3) is 0 Å². The standard InChI is InChI=1S/C21H29N5O3/c1-15(14-28-2)24-21-23-10-7-19(25-21)26(11-4-3-9-22)20(27)17-5-6-18-16(13-17)8-12-29-18/h5-7,10,13,15H,3-4,8-9,11-12,14,22H2,1-2H3,(H,23,24,25). The molecule has 0 radical (unpaired) electrons. The van der Waals surface area contributed by atoms with Crippen molar-refractivity contribution in [2.75, 3.05) is 43.6 Å². The van der Waals surface area contributed by atoms with Crippen molar-refractivity contribution in [3.05, 3.63) is 41.6 Å². The maximum absolute atomic E-state index is 13.3. The molecule has 8 nitrogen and oxygen atoms in total. The fourth-order valence-electron chi connectivity index (χ4n) is 3.29. The third kappa shape index (κ3) is 5.42. The largest absolute Gasteiger partial charge is 0.493 e. The Labute approximate surface area is 171 Å². The highest BCUT2D eigenvalue weighted by atomic mass is 16.5. The zero-order valence-electron chi connectivity index (χ0n) is 17.1. The normalized spacial score (nSPS) is 13.5. The molecule has 1 aromatic carbocycles. The number of nitrogens with two attached hydrogens (primary N) is 1. The van der Waals surface area contributed by atoms with Crippen molar-refractivity contribution in [3.63, 3.8) is 0 Å². The van der Waals surface area contributed by atoms with Crippen molar-refractivity contribution in [3.8, 4) is 5.75 Å². The van der Waals surface area contributed by atoms with Crippen LogP contribution in [-0.4, -0.2) is 55.3 Å². The number of methoxy groups -OCH3 is 1. The summed E-state index contributed by atoms with van der Waals surface area (Å²) < 4.78 is 10.7. The predicted octanol–water partition coefficient (Wildman–Crippen LogP) is 2.24. The van der Waals surface area contributed by atoms with Crippen molar-refractivity contribution in [2.24, 2.45) is 5.73 Å². The summed E-state index contributed by atoms with van der Waals surface area (Å²) in [4.78, 5) is 23.9. The first-order valence-corrected chi connectivity index (χ1v) is 9.98. The second-order valence-electron chi connectivity index (χ2n) is 7.11. The van der Waals surface area contributed by atoms with Crippen molar-refractivity contribution in [1.82, 2.24) is 9.97 Å². The van der Waals surface area contributed by atoms with Crippen LogP contribution in [0.4, 0.5) is 11.8 Å². The highest BCUT2D eigenvalue weighted by Gasteiger charge is 2.22. The van der Waals surface area contributed by atoms with Crippen LogP contribution in [0, 0.1) is 0 Å². The van der Waals surface area contributed by atoms with E-state index in [0.717, 1.165) is 30.6 Å². The van der Waals surface area contributed by atoms with E-state index < -0.39 is 0 Å². The van der Waals surface area contributed by atoms with Gasteiger partial charge in [0.05, 0.1) is 13.2 Å². The number of unbranched alkanes of at least 4 members (excludes halogenated alkanes) is 1. The van der Waals surface area contributed by atoms with Crippen molar-refractivity contribution in [2.45, 2.75) is 32.2 Å². The van der Waals surface area contributed by atoms with Gasteiger partial charge in [-0.1, -0.05) is 0 Å². The minimum absolute atomic E-state index is 0.0494. The van der Waals surface area contributed by atoms with E-state index in [9.17, 15) is 4.79 Å². The van der Waals surface area contributed by atoms with E-state index in [0.29, 0.717) is 43.6 Å². The van der Waals surface area contributed by atoms with Crippen molar-refractivity contribution < 1.29 is 14.3 Å². The molecule has 8 heteroatoms. The first-order valence-electron chi connectivity index (χ1n) is 9.98. The Morgan fingerprint density at radius 1 is 1.38 bits per heavy atom. The molecule has 1 aliphatic rings. The van der Waals surface area contributed by atoms with Crippen molar-refractivity contribution in [1.29, 1.82) is 0 Å². The molecule has 0 fully saturated rings. The van der Waals surface area contributed by atoms with E-state index in [1.54, 1.807) is 24.3 Å². The van der Waals surface area contributed by atoms with Gasteiger partial charge in [-0.3, -0.25) is 9.69 Å². The number of hydrogen-bond donors (Lipinski definition) is 2. The van der Waals surface area contributed by atoms with Gasteiger partial charge in [-0.05, 0) is 56.1 Å². The molecule has 3 N–H and O–H groups in total. The maximum Gasteiger partial charge on any atom is 0.259 e. The molecule has 2 aromatic rings. The summed E-state index contributed by atoms with van der Waals surface area (Å²) in [6.45, 7) is 4.30. The molecule has 1 aromatic heterocycles. The zero-order chi connectivity index (χ0) is 20.6. The minimum Gasteiger partial charge on any atom is -0.493 e. The summed E-state index contributed by atoms with van der Waals surface area (Å²) in [7, 11) is 1.65. The Balaban J connectivity index is 1.83. The number of amides is 1. The maximum atomic E-state index is 13.3. The third-order valence-corrected chi connectivity index (χ3v) is 4.73. The predicted molar refractivity (Wildman–Crippen MR) is 113 cm³/mol. The van der Waals surface area contributed by atoms with E-state index in [1.165, 1.54) is 0 Å². The quantitative estimate of drug-likeness (QED) is 0.591. The Morgan fingerprint density at radius 3 is 3.03 bits per heavy atom. The van der Waals surface area contributed by atoms with Gasteiger partial charge in [0.15, 0.2) is 0 Å². The number of fused-ring (bicyclic) bond motifs is 1. The zero-order valence-corrected chi connectivity index (χ0v) is 17.1. The molecule has 1 unspecified atom stereocenters. The lowest BCUT2D eigenvalue weighted by molar-refractivity contribution is 0.0985. The van der Waals surface area contributed by atoms with Crippen LogP contribution in [0.5, 0.6) is 5.75 Å². The van der Waals surface area contributed by atoms with Gasteiger partial charge in [0.1, 0.15) is 11.6 Å². The molecule has 0 spiro atoms. The topological polar surface area (TPSA) is 103 Å². The molecule has 3 rings (SSSR count). The monoisotopic (exact) mass is 399 g/mol. The Kier molecular flexibility index (Phi) is 7.37. The number of benzene rings is 1. The highest BCUT2D eigenvalue weighted by Crippen LogP contribution is 2.27. The Hall–Kier alpha value is -2.71. The van der Waals surface area contributed by atoms with E-state index in [-0.39, 0.29) is 11.9 Å². The van der Waals surface area contributed by atoms with Crippen LogP contribution < -0.4 is 20.7 Å². The SMILES string of the molecule is COCC(C)Nc1nccc(N(CCCCN)C(=O)c2ccc3c(c2)CCO3)n1. The van der Waals surface area contributed by atoms with Gasteiger partial charge in [-0.25, -0.2) is 4.98 Å². The average Bonchev–Trinajstić information content (AvgIpc) is 3.19. The molecule has 0 bridgehead atoms. The van der Waals surface area contributed by atoms with Crippen LogP contribution in [0.15, 0.2) is 30.5 Å². The Morgan fingerprint density at radius 2 is 2.24 bits per heavy atom. The average molecular weight is 399 g/mol. The summed E-state index contributed by atoms with van der Waals surface area (Å²) >= 11 is 0. The first kappa shape index (κ1) is 21.0. The second kappa shape index (κ2) is 10.2. The van der Waals surface area contributed by atoms with Crippen LogP contribution in [0.2, 0.25) is 0 Å². The number of carbonyl (C=O) groups excluding carboxylic acids is 1. The molecule has 1 aliphatic heterocycles. The molecule has 1 amide bonds. The molecule has 29 heavy (non-hydrogen) atoms. The third-order valence-electron chi connectivity index (χ3n) is 4.73. The smallest absolute Gasteiger partial charge is 0.259 e. The molecule has 1 atom stereocenters. The Bertz CT molecular complexity index is 830. The highest BCUT2D eigenvalue weighted by molar-refractivity contribution is 6.05. The number of nitrogens with zero attached hydrogens (tertiary/aromatic N) is 3. The van der Waals surface area contributed by atoms with Crippen LogP contribution in [-0.2, 0) is 11.2 Å². The number of ether oxygens (including phenoxy) is 2. The second-order valence-corrected chi connectivity index (χ2v) is 7.11. The van der Waals surface area contributed by atoms with Gasteiger partial charge in [-0.2, -0.15) is 4.98 Å². The molecule has 0 saturated heterocycles. The number of nitrogens with one attached hydrogen (secondary N) is 1. The lowest BCUT2D eigenvalue weighted by Crippen LogP contribution is -2.33. The number of carbonyl (C=O) groups is 1. The van der Waals surface area contributed by atoms with Gasteiger partial charge >= 0.3 is 0 Å². The molecule has 0 saturated carbocycles.